The minimum Gasteiger partial charge on any atom is -0.379 e. The molecule has 1 aromatic heterocycles. The third-order valence-electron chi connectivity index (χ3n) is 3.99. The third kappa shape index (κ3) is 3.54. The number of hydrogen-bond donors (Lipinski definition) is 1. The van der Waals surface area contributed by atoms with E-state index < -0.39 is 23.1 Å². The van der Waals surface area contributed by atoms with Gasteiger partial charge in [-0.1, -0.05) is 13.8 Å². The molecule has 0 spiro atoms. The fraction of sp³-hybridized carbons (Fsp3) is 0.333. The first-order valence-electron chi connectivity index (χ1n) is 8.17. The number of nitrogens with zero attached hydrogens (tertiary/aromatic N) is 4. The Morgan fingerprint density at radius 1 is 1.15 bits per heavy atom. The molecule has 2 aromatic rings. The molecule has 1 aliphatic heterocycles. The molecule has 1 unspecified atom stereocenters. The van der Waals surface area contributed by atoms with Gasteiger partial charge in [-0.15, -0.1) is 0 Å². The first kappa shape index (κ1) is 19.4. The quantitative estimate of drug-likeness (QED) is 0.891. The predicted octanol–water partition coefficient (Wildman–Crippen LogP) is 2.49. The van der Waals surface area contributed by atoms with E-state index in [0.29, 0.717) is 5.56 Å². The number of nitrogens with two attached hydrogens (primary N) is 1. The smallest absolute Gasteiger partial charge is 0.288 e. The first-order chi connectivity index (χ1) is 12.3. The molecule has 2 heterocycles. The van der Waals surface area contributed by atoms with Crippen molar-refractivity contribution < 1.29 is 13.6 Å². The number of aliphatic imine (C=N–C) groups is 1. The Morgan fingerprint density at radius 3 is 2.35 bits per heavy atom. The van der Waals surface area contributed by atoms with Crippen LogP contribution in [0.4, 0.5) is 8.78 Å². The van der Waals surface area contributed by atoms with E-state index in [9.17, 15) is 13.6 Å². The van der Waals surface area contributed by atoms with Crippen molar-refractivity contribution in [3.8, 4) is 11.1 Å². The summed E-state index contributed by atoms with van der Waals surface area (Å²) in [6.07, 6.45) is 4.19. The highest BCUT2D eigenvalue weighted by atomic mass is 19.1. The van der Waals surface area contributed by atoms with Crippen LogP contribution in [0.15, 0.2) is 35.8 Å². The summed E-state index contributed by atoms with van der Waals surface area (Å²) in [6.45, 7) is 5.77. The van der Waals surface area contributed by atoms with Crippen LogP contribution in [-0.2, 0) is 10.3 Å². The zero-order valence-corrected chi connectivity index (χ0v) is 15.1. The zero-order chi connectivity index (χ0) is 19.5. The number of halogens is 2. The average Bonchev–Trinajstić information content (AvgIpc) is 2.62. The molecule has 0 saturated carbocycles. The molecule has 0 aliphatic carbocycles. The van der Waals surface area contributed by atoms with Crippen LogP contribution in [0.1, 0.15) is 26.3 Å². The van der Waals surface area contributed by atoms with Gasteiger partial charge in [-0.25, -0.2) is 18.7 Å². The Hall–Kier alpha value is -2.90. The van der Waals surface area contributed by atoms with Crippen LogP contribution in [0, 0.1) is 11.6 Å². The molecular formula is C18H21F2N5O. The lowest BCUT2D eigenvalue weighted by molar-refractivity contribution is -0.124. The van der Waals surface area contributed by atoms with Gasteiger partial charge < -0.3 is 10.6 Å². The van der Waals surface area contributed by atoms with Gasteiger partial charge in [-0.2, -0.15) is 0 Å². The van der Waals surface area contributed by atoms with Crippen LogP contribution >= 0.6 is 0 Å². The number of benzene rings is 1. The summed E-state index contributed by atoms with van der Waals surface area (Å²) in [4.78, 5) is 25.0. The standard InChI is InChI=1S/C16H15F2N5O.C2H6/c1-16(7-23(2)15(24)14(19)22-16)11-3-10(12(17)4-13(11)18)9-5-20-8-21-6-9;1-2/h3-6,8H,7H2,1-2H3,(H2,19,22);1-2H3. The predicted molar refractivity (Wildman–Crippen MR) is 95.3 cm³/mol. The minimum atomic E-state index is -1.12. The molecule has 1 amide bonds. The van der Waals surface area contributed by atoms with Crippen molar-refractivity contribution in [3.63, 3.8) is 0 Å². The Labute approximate surface area is 150 Å². The highest BCUT2D eigenvalue weighted by Gasteiger charge is 2.38. The Morgan fingerprint density at radius 2 is 1.77 bits per heavy atom. The molecule has 0 bridgehead atoms. The molecule has 3 rings (SSSR count). The summed E-state index contributed by atoms with van der Waals surface area (Å²) in [5.41, 5.74) is 5.25. The number of hydrogen-bond acceptors (Lipinski definition) is 5. The normalized spacial score (nSPS) is 19.5. The highest BCUT2D eigenvalue weighted by Crippen LogP contribution is 2.35. The van der Waals surface area contributed by atoms with Crippen molar-refractivity contribution in [2.75, 3.05) is 13.6 Å². The number of rotatable bonds is 2. The molecular weight excluding hydrogens is 340 g/mol. The molecule has 138 valence electrons. The second-order valence-corrected chi connectivity index (χ2v) is 5.87. The number of aromatic nitrogens is 2. The maximum atomic E-state index is 14.4. The van der Waals surface area contributed by atoms with E-state index in [1.807, 2.05) is 13.8 Å². The van der Waals surface area contributed by atoms with Crippen molar-refractivity contribution in [2.24, 2.45) is 10.7 Å². The molecule has 1 aliphatic rings. The van der Waals surface area contributed by atoms with Crippen molar-refractivity contribution in [3.05, 3.63) is 48.1 Å². The van der Waals surface area contributed by atoms with E-state index in [1.165, 1.54) is 29.7 Å². The van der Waals surface area contributed by atoms with E-state index >= 15 is 0 Å². The molecule has 6 nitrogen and oxygen atoms in total. The van der Waals surface area contributed by atoms with Crippen LogP contribution < -0.4 is 5.73 Å². The van der Waals surface area contributed by atoms with Crippen molar-refractivity contribution >= 4 is 11.7 Å². The van der Waals surface area contributed by atoms with Crippen molar-refractivity contribution in [1.82, 2.24) is 14.9 Å². The second-order valence-electron chi connectivity index (χ2n) is 5.87. The third-order valence-corrected chi connectivity index (χ3v) is 3.99. The van der Waals surface area contributed by atoms with E-state index in [2.05, 4.69) is 15.0 Å². The lowest BCUT2D eigenvalue weighted by Crippen LogP contribution is -2.50. The largest absolute Gasteiger partial charge is 0.379 e. The molecule has 0 fully saturated rings. The van der Waals surface area contributed by atoms with Crippen LogP contribution in [0.5, 0.6) is 0 Å². The van der Waals surface area contributed by atoms with Crippen LogP contribution in [0.2, 0.25) is 0 Å². The molecule has 0 saturated heterocycles. The van der Waals surface area contributed by atoms with E-state index in [4.69, 9.17) is 5.73 Å². The topological polar surface area (TPSA) is 84.5 Å². The van der Waals surface area contributed by atoms with Gasteiger partial charge in [0.25, 0.3) is 5.91 Å². The molecule has 0 radical (unpaired) electrons. The van der Waals surface area contributed by atoms with Gasteiger partial charge in [0.15, 0.2) is 5.84 Å². The number of amidine groups is 1. The summed E-state index contributed by atoms with van der Waals surface area (Å²) in [7, 11) is 1.55. The summed E-state index contributed by atoms with van der Waals surface area (Å²) in [5, 5.41) is 0. The van der Waals surface area contributed by atoms with Gasteiger partial charge >= 0.3 is 0 Å². The highest BCUT2D eigenvalue weighted by molar-refractivity contribution is 6.37. The van der Waals surface area contributed by atoms with Gasteiger partial charge in [-0.05, 0) is 13.0 Å². The fourth-order valence-electron chi connectivity index (χ4n) is 2.84. The fourth-order valence-corrected chi connectivity index (χ4v) is 2.84. The van der Waals surface area contributed by atoms with Gasteiger partial charge in [0, 0.05) is 42.2 Å². The zero-order valence-electron chi connectivity index (χ0n) is 15.1. The van der Waals surface area contributed by atoms with Crippen LogP contribution in [-0.4, -0.2) is 40.2 Å². The SMILES string of the molecule is CC.CN1CC(C)(c2cc(-c3cncnc3)c(F)cc2F)N=C(N)C1=O. The van der Waals surface area contributed by atoms with Gasteiger partial charge in [0.1, 0.15) is 23.5 Å². The second kappa shape index (κ2) is 7.55. The Bertz CT molecular complexity index is 841. The minimum absolute atomic E-state index is 0.125. The van der Waals surface area contributed by atoms with Crippen molar-refractivity contribution in [1.29, 1.82) is 0 Å². The lowest BCUT2D eigenvalue weighted by atomic mass is 9.88. The Balaban J connectivity index is 0.00000117. The summed E-state index contributed by atoms with van der Waals surface area (Å²) < 4.78 is 28.6. The summed E-state index contributed by atoms with van der Waals surface area (Å²) in [6, 6.07) is 2.16. The van der Waals surface area contributed by atoms with E-state index in [0.717, 1.165) is 6.07 Å². The lowest BCUT2D eigenvalue weighted by Gasteiger charge is -2.35. The van der Waals surface area contributed by atoms with Gasteiger partial charge in [0.2, 0.25) is 0 Å². The maximum Gasteiger partial charge on any atom is 0.288 e. The number of likely N-dealkylation sites (N-methyl/N-ethyl adjacent to an activating group) is 1. The van der Waals surface area contributed by atoms with Crippen molar-refractivity contribution in [2.45, 2.75) is 26.3 Å². The first-order valence-corrected chi connectivity index (χ1v) is 8.17. The molecule has 26 heavy (non-hydrogen) atoms. The summed E-state index contributed by atoms with van der Waals surface area (Å²) >= 11 is 0. The number of amides is 1. The molecule has 1 atom stereocenters. The Kier molecular flexibility index (Phi) is 5.64. The number of carbonyl (C=O) groups is 1. The maximum absolute atomic E-state index is 14.4. The molecule has 2 N–H and O–H groups in total. The molecule has 8 heteroatoms. The van der Waals surface area contributed by atoms with E-state index in [1.54, 1.807) is 14.0 Å². The summed E-state index contributed by atoms with van der Waals surface area (Å²) in [5.74, 6) is -2.12. The molecule has 1 aromatic carbocycles. The van der Waals surface area contributed by atoms with Crippen LogP contribution in [0.3, 0.4) is 0 Å². The van der Waals surface area contributed by atoms with Gasteiger partial charge in [0.05, 0.1) is 6.54 Å². The average molecular weight is 361 g/mol. The van der Waals surface area contributed by atoms with E-state index in [-0.39, 0.29) is 23.5 Å². The monoisotopic (exact) mass is 361 g/mol. The number of carbonyl (C=O) groups excluding carboxylic acids is 1. The van der Waals surface area contributed by atoms with Crippen LogP contribution in [0.25, 0.3) is 11.1 Å². The van der Waals surface area contributed by atoms with Gasteiger partial charge in [-0.3, -0.25) is 9.79 Å².